The minimum absolute atomic E-state index is 0.173. The van der Waals surface area contributed by atoms with Crippen LogP contribution < -0.4 is 11.5 Å². The highest BCUT2D eigenvalue weighted by Crippen LogP contribution is 2.06. The lowest BCUT2D eigenvalue weighted by Gasteiger charge is -2.21. The van der Waals surface area contributed by atoms with Gasteiger partial charge in [0.2, 0.25) is 0 Å². The highest BCUT2D eigenvalue weighted by atomic mass is 32.1. The van der Waals surface area contributed by atoms with Gasteiger partial charge in [0, 0.05) is 17.1 Å². The van der Waals surface area contributed by atoms with Gasteiger partial charge in [-0.1, -0.05) is 0 Å². The van der Waals surface area contributed by atoms with Crippen LogP contribution >= 0.6 is 0 Å². The van der Waals surface area contributed by atoms with Crippen LogP contribution in [0.2, 0.25) is 0 Å². The molecule has 4 N–H and O–H groups in total. The smallest absolute Gasteiger partial charge is 0.0166 e. The number of carbonyl (C=O) groups is 1. The van der Waals surface area contributed by atoms with E-state index in [4.69, 9.17) is 11.5 Å². The lowest BCUT2D eigenvalue weighted by Crippen LogP contribution is -2.33. The van der Waals surface area contributed by atoms with Gasteiger partial charge in [0.15, 0.2) is 0 Å². The zero-order valence-electron chi connectivity index (χ0n) is 6.04. The van der Waals surface area contributed by atoms with Gasteiger partial charge in [0.05, 0.1) is 0 Å². The normalized spacial score (nSPS) is 16.3. The molecule has 0 aromatic rings. The molecule has 0 spiro atoms. The highest BCUT2D eigenvalue weighted by Gasteiger charge is 2.12. The third kappa shape index (κ3) is 3.10. The van der Waals surface area contributed by atoms with E-state index in [0.29, 0.717) is 13.0 Å². The third-order valence-electron chi connectivity index (χ3n) is 1.42. The maximum Gasteiger partial charge on any atom is 0.0166 e. The van der Waals surface area contributed by atoms with Crippen molar-refractivity contribution in [1.82, 2.24) is 0 Å². The van der Waals surface area contributed by atoms with Crippen LogP contribution in [0.1, 0.15) is 13.3 Å². The van der Waals surface area contributed by atoms with Crippen LogP contribution in [0.3, 0.4) is 0 Å². The van der Waals surface area contributed by atoms with E-state index in [0.717, 1.165) is 0 Å². The molecule has 0 aliphatic heterocycles. The molecule has 0 fully saturated rings. The second-order valence-electron chi connectivity index (χ2n) is 2.36. The summed E-state index contributed by atoms with van der Waals surface area (Å²) in [5.74, 6) is -0.236. The zero-order valence-corrected chi connectivity index (χ0v) is 6.86. The fourth-order valence-corrected chi connectivity index (χ4v) is 1.11. The van der Waals surface area contributed by atoms with E-state index in [1.165, 1.54) is 0 Å². The van der Waals surface area contributed by atoms with E-state index in [2.05, 4.69) is 12.6 Å². The summed E-state index contributed by atoms with van der Waals surface area (Å²) in [5.41, 5.74) is 10.7. The Morgan fingerprint density at radius 1 is 1.70 bits per heavy atom. The second-order valence-corrected chi connectivity index (χ2v) is 2.76. The van der Waals surface area contributed by atoms with Crippen LogP contribution in [0.4, 0.5) is 0 Å². The van der Waals surface area contributed by atoms with Crippen molar-refractivity contribution in [3.8, 4) is 0 Å². The van der Waals surface area contributed by atoms with Crippen LogP contribution in [-0.2, 0) is 17.4 Å². The highest BCUT2D eigenvalue weighted by molar-refractivity contribution is 7.77. The molecule has 60 valence electrons. The number of hydrogen-bond acceptors (Lipinski definition) is 4. The van der Waals surface area contributed by atoms with Crippen molar-refractivity contribution in [2.75, 3.05) is 6.54 Å². The van der Waals surface area contributed by atoms with E-state index in [-0.39, 0.29) is 17.1 Å². The first kappa shape index (κ1) is 9.81. The molecule has 0 aromatic heterocycles. The minimum Gasteiger partial charge on any atom is -0.742 e. The maximum absolute atomic E-state index is 10.7. The molecule has 10 heavy (non-hydrogen) atoms. The van der Waals surface area contributed by atoms with Gasteiger partial charge in [-0.3, -0.25) is 0 Å². The summed E-state index contributed by atoms with van der Waals surface area (Å²) < 4.78 is 0. The number of carbonyl (C=O) groups excluding carboxylic acids is 1. The van der Waals surface area contributed by atoms with E-state index in [9.17, 15) is 4.79 Å². The molecular formula is C6H13N2OS-. The molecule has 4 heteroatoms. The summed E-state index contributed by atoms with van der Waals surface area (Å²) in [5, 5.41) is -0.277. The van der Waals surface area contributed by atoms with Crippen molar-refractivity contribution in [3.05, 3.63) is 0 Å². The number of nitrogens with two attached hydrogens (primary N) is 2. The zero-order chi connectivity index (χ0) is 8.15. The summed E-state index contributed by atoms with van der Waals surface area (Å²) in [4.78, 5) is 10.7. The summed E-state index contributed by atoms with van der Waals surface area (Å²) in [7, 11) is 0. The predicted molar refractivity (Wildman–Crippen MR) is 43.2 cm³/mol. The Kier molecular flexibility index (Phi) is 4.51. The molecule has 0 aliphatic carbocycles. The van der Waals surface area contributed by atoms with Crippen molar-refractivity contribution < 1.29 is 4.79 Å². The van der Waals surface area contributed by atoms with E-state index >= 15 is 0 Å². The minimum atomic E-state index is -0.277. The standard InChI is InChI=1S/C6H14N2OS/c1-4(8)5(2-3-7)6(9)10/h4-5H,2-3,7-8H2,1H3,(H,9,10)/p-1. The summed E-state index contributed by atoms with van der Waals surface area (Å²) >= 11 is 4.47. The molecule has 0 rings (SSSR count). The van der Waals surface area contributed by atoms with Crippen molar-refractivity contribution in [3.63, 3.8) is 0 Å². The average Bonchev–Trinajstić information content (AvgIpc) is 1.81. The Morgan fingerprint density at radius 3 is 2.30 bits per heavy atom. The van der Waals surface area contributed by atoms with Gasteiger partial charge >= 0.3 is 0 Å². The van der Waals surface area contributed by atoms with Gasteiger partial charge in [0.1, 0.15) is 0 Å². The Labute approximate surface area is 66.6 Å². The van der Waals surface area contributed by atoms with Crippen LogP contribution in [0.15, 0.2) is 0 Å². The van der Waals surface area contributed by atoms with Gasteiger partial charge < -0.3 is 28.9 Å². The average molecular weight is 161 g/mol. The fourth-order valence-electron chi connectivity index (χ4n) is 0.775. The Balaban J connectivity index is 3.85. The maximum atomic E-state index is 10.7. The molecule has 0 saturated heterocycles. The molecule has 3 nitrogen and oxygen atoms in total. The van der Waals surface area contributed by atoms with Gasteiger partial charge in [0.25, 0.3) is 0 Å². The van der Waals surface area contributed by atoms with Crippen molar-refractivity contribution in [1.29, 1.82) is 0 Å². The first-order valence-electron chi connectivity index (χ1n) is 3.26. The number of rotatable bonds is 4. The lowest BCUT2D eigenvalue weighted by molar-refractivity contribution is -0.114. The Morgan fingerprint density at radius 2 is 2.20 bits per heavy atom. The molecule has 0 amide bonds. The molecule has 0 saturated carbocycles. The van der Waals surface area contributed by atoms with Crippen LogP contribution in [0.25, 0.3) is 0 Å². The van der Waals surface area contributed by atoms with Gasteiger partial charge in [-0.25, -0.2) is 0 Å². The van der Waals surface area contributed by atoms with E-state index in [1.54, 1.807) is 6.92 Å². The SMILES string of the molecule is CC(N)C(CCN)C(=O)[S-]. The quantitative estimate of drug-likeness (QED) is 0.539. The summed E-state index contributed by atoms with van der Waals surface area (Å²) in [6.07, 6.45) is 0.597. The molecule has 0 radical (unpaired) electrons. The summed E-state index contributed by atoms with van der Waals surface area (Å²) in [6.45, 7) is 2.24. The molecule has 2 unspecified atom stereocenters. The molecule has 0 aliphatic rings. The van der Waals surface area contributed by atoms with Crippen molar-refractivity contribution in [2.45, 2.75) is 19.4 Å². The van der Waals surface area contributed by atoms with Crippen LogP contribution in [0.5, 0.6) is 0 Å². The van der Waals surface area contributed by atoms with E-state index in [1.807, 2.05) is 0 Å². The first-order chi connectivity index (χ1) is 4.59. The van der Waals surface area contributed by atoms with Gasteiger partial charge in [-0.2, -0.15) is 0 Å². The molecule has 0 aromatic carbocycles. The summed E-state index contributed by atoms with van der Waals surface area (Å²) in [6, 6.07) is -0.173. The third-order valence-corrected chi connectivity index (χ3v) is 1.72. The Hall–Kier alpha value is -0.190. The first-order valence-corrected chi connectivity index (χ1v) is 3.67. The van der Waals surface area contributed by atoms with Crippen LogP contribution in [0, 0.1) is 5.92 Å². The van der Waals surface area contributed by atoms with Gasteiger partial charge in [-0.05, 0) is 19.9 Å². The Bertz CT molecular complexity index is 116. The van der Waals surface area contributed by atoms with Crippen LogP contribution in [-0.4, -0.2) is 17.7 Å². The molecule has 0 heterocycles. The number of hydrogen-bond donors (Lipinski definition) is 2. The second kappa shape index (κ2) is 4.60. The topological polar surface area (TPSA) is 69.1 Å². The predicted octanol–water partition coefficient (Wildman–Crippen LogP) is -0.628. The largest absolute Gasteiger partial charge is 0.742 e. The monoisotopic (exact) mass is 161 g/mol. The molecular weight excluding hydrogens is 148 g/mol. The van der Waals surface area contributed by atoms with Crippen molar-refractivity contribution >= 4 is 17.7 Å². The van der Waals surface area contributed by atoms with Crippen molar-refractivity contribution in [2.24, 2.45) is 17.4 Å². The lowest BCUT2D eigenvalue weighted by atomic mass is 10.00. The van der Waals surface area contributed by atoms with E-state index < -0.39 is 0 Å². The van der Waals surface area contributed by atoms with Gasteiger partial charge in [-0.15, -0.1) is 0 Å². The molecule has 2 atom stereocenters. The fraction of sp³-hybridized carbons (Fsp3) is 0.833. The molecule has 0 bridgehead atoms.